The Labute approximate surface area is 141 Å². The number of aromatic nitrogens is 1. The number of thioether (sulfide) groups is 1. The lowest BCUT2D eigenvalue weighted by Crippen LogP contribution is -2.30. The van der Waals surface area contributed by atoms with Crippen molar-refractivity contribution in [1.82, 2.24) is 10.3 Å². The van der Waals surface area contributed by atoms with Crippen LogP contribution in [0.15, 0.2) is 56.4 Å². The van der Waals surface area contributed by atoms with E-state index in [9.17, 15) is 0 Å². The largest absolute Gasteiger partial charge is 0.316 e. The summed E-state index contributed by atoms with van der Waals surface area (Å²) in [5.74, 6) is 1.02. The Morgan fingerprint density at radius 3 is 2.40 bits per heavy atom. The van der Waals surface area contributed by atoms with Crippen LogP contribution in [0.25, 0.3) is 0 Å². The third-order valence-electron chi connectivity index (χ3n) is 2.92. The summed E-state index contributed by atoms with van der Waals surface area (Å²) < 4.78 is 2.14. The molecule has 1 aromatic carbocycles. The highest BCUT2D eigenvalue weighted by molar-refractivity contribution is 9.10. The molecule has 0 bridgehead atoms. The standard InChI is InChI=1S/C15H16Br2N2S/c1-18-14(8-13-5-2-12(17)9-19-13)10-20-15-6-3-11(16)4-7-15/h2-7,9,14,18H,8,10H2,1H3. The summed E-state index contributed by atoms with van der Waals surface area (Å²) in [6.07, 6.45) is 2.79. The lowest BCUT2D eigenvalue weighted by molar-refractivity contribution is 0.609. The van der Waals surface area contributed by atoms with Crippen LogP contribution in [0.5, 0.6) is 0 Å². The Hall–Kier alpha value is -0.360. The number of hydrogen-bond acceptors (Lipinski definition) is 3. The molecule has 0 amide bonds. The van der Waals surface area contributed by atoms with E-state index < -0.39 is 0 Å². The zero-order chi connectivity index (χ0) is 14.4. The molecule has 0 saturated heterocycles. The molecule has 5 heteroatoms. The lowest BCUT2D eigenvalue weighted by Gasteiger charge is -2.15. The first-order valence-electron chi connectivity index (χ1n) is 6.33. The van der Waals surface area contributed by atoms with Crippen molar-refractivity contribution in [3.63, 3.8) is 0 Å². The second-order valence-corrected chi connectivity index (χ2v) is 7.35. The number of pyridine rings is 1. The molecule has 0 spiro atoms. The summed E-state index contributed by atoms with van der Waals surface area (Å²) in [5.41, 5.74) is 1.11. The van der Waals surface area contributed by atoms with Gasteiger partial charge in [0.2, 0.25) is 0 Å². The molecule has 1 aromatic heterocycles. The molecule has 106 valence electrons. The average molecular weight is 416 g/mol. The molecule has 2 aromatic rings. The fourth-order valence-corrected chi connectivity index (χ4v) is 3.26. The summed E-state index contributed by atoms with van der Waals surface area (Å²) in [7, 11) is 2.01. The van der Waals surface area contributed by atoms with Gasteiger partial charge in [-0.05, 0) is 59.4 Å². The number of halogens is 2. The zero-order valence-corrected chi connectivity index (χ0v) is 15.1. The number of hydrogen-bond donors (Lipinski definition) is 1. The Bertz CT molecular complexity index is 529. The Balaban J connectivity index is 1.88. The van der Waals surface area contributed by atoms with Crippen LogP contribution in [0, 0.1) is 0 Å². The normalized spacial score (nSPS) is 12.3. The molecular formula is C15H16Br2N2S. The highest BCUT2D eigenvalue weighted by Gasteiger charge is 2.09. The Morgan fingerprint density at radius 1 is 1.10 bits per heavy atom. The van der Waals surface area contributed by atoms with E-state index in [1.807, 2.05) is 31.1 Å². The van der Waals surface area contributed by atoms with Crippen molar-refractivity contribution < 1.29 is 0 Å². The fourth-order valence-electron chi connectivity index (χ4n) is 1.75. The van der Waals surface area contributed by atoms with Gasteiger partial charge in [0.15, 0.2) is 0 Å². The van der Waals surface area contributed by atoms with Crippen LogP contribution in [0.3, 0.4) is 0 Å². The van der Waals surface area contributed by atoms with Crippen LogP contribution < -0.4 is 5.32 Å². The van der Waals surface area contributed by atoms with E-state index in [0.29, 0.717) is 6.04 Å². The minimum Gasteiger partial charge on any atom is -0.316 e. The molecule has 1 unspecified atom stereocenters. The average Bonchev–Trinajstić information content (AvgIpc) is 2.47. The van der Waals surface area contributed by atoms with Gasteiger partial charge in [-0.15, -0.1) is 11.8 Å². The molecule has 20 heavy (non-hydrogen) atoms. The molecule has 0 saturated carbocycles. The smallest absolute Gasteiger partial charge is 0.0420 e. The molecule has 0 aliphatic rings. The summed E-state index contributed by atoms with van der Waals surface area (Å²) in [6, 6.07) is 13.0. The molecule has 0 aliphatic carbocycles. The molecule has 1 heterocycles. The molecular weight excluding hydrogens is 400 g/mol. The molecule has 1 atom stereocenters. The maximum absolute atomic E-state index is 4.43. The monoisotopic (exact) mass is 414 g/mol. The maximum Gasteiger partial charge on any atom is 0.0420 e. The van der Waals surface area contributed by atoms with E-state index in [-0.39, 0.29) is 0 Å². The van der Waals surface area contributed by atoms with Crippen molar-refractivity contribution in [2.45, 2.75) is 17.4 Å². The number of benzene rings is 1. The van der Waals surface area contributed by atoms with E-state index >= 15 is 0 Å². The first-order chi connectivity index (χ1) is 9.67. The van der Waals surface area contributed by atoms with Crippen LogP contribution in [0.1, 0.15) is 5.69 Å². The van der Waals surface area contributed by atoms with Crippen LogP contribution in [0.2, 0.25) is 0 Å². The number of nitrogens with zero attached hydrogens (tertiary/aromatic N) is 1. The van der Waals surface area contributed by atoms with Crippen molar-refractivity contribution in [2.24, 2.45) is 0 Å². The minimum atomic E-state index is 0.414. The summed E-state index contributed by atoms with van der Waals surface area (Å²) in [4.78, 5) is 5.72. The fraction of sp³-hybridized carbons (Fsp3) is 0.267. The summed E-state index contributed by atoms with van der Waals surface area (Å²) in [6.45, 7) is 0. The second-order valence-electron chi connectivity index (χ2n) is 4.42. The van der Waals surface area contributed by atoms with E-state index in [4.69, 9.17) is 0 Å². The van der Waals surface area contributed by atoms with Gasteiger partial charge >= 0.3 is 0 Å². The first kappa shape index (κ1) is 16.0. The van der Waals surface area contributed by atoms with Crippen molar-refractivity contribution in [2.75, 3.05) is 12.8 Å². The van der Waals surface area contributed by atoms with Crippen LogP contribution >= 0.6 is 43.6 Å². The van der Waals surface area contributed by atoms with E-state index in [0.717, 1.165) is 26.8 Å². The lowest BCUT2D eigenvalue weighted by atomic mass is 10.2. The molecule has 2 nitrogen and oxygen atoms in total. The van der Waals surface area contributed by atoms with Crippen LogP contribution in [0.4, 0.5) is 0 Å². The molecule has 1 N–H and O–H groups in total. The molecule has 0 fully saturated rings. The van der Waals surface area contributed by atoms with Gasteiger partial charge in [0.25, 0.3) is 0 Å². The number of likely N-dealkylation sites (N-methyl/N-ethyl adjacent to an activating group) is 1. The van der Waals surface area contributed by atoms with Crippen molar-refractivity contribution in [3.05, 3.63) is 57.2 Å². The van der Waals surface area contributed by atoms with Gasteiger partial charge in [0.05, 0.1) is 0 Å². The second kappa shape index (κ2) is 8.17. The van der Waals surface area contributed by atoms with Gasteiger partial charge in [-0.1, -0.05) is 15.9 Å². The van der Waals surface area contributed by atoms with Crippen molar-refractivity contribution in [3.8, 4) is 0 Å². The minimum absolute atomic E-state index is 0.414. The summed E-state index contributed by atoms with van der Waals surface area (Å²) >= 11 is 8.73. The third-order valence-corrected chi connectivity index (χ3v) is 5.09. The van der Waals surface area contributed by atoms with Crippen LogP contribution in [-0.4, -0.2) is 23.8 Å². The zero-order valence-electron chi connectivity index (χ0n) is 11.1. The Kier molecular flexibility index (Phi) is 6.55. The van der Waals surface area contributed by atoms with Gasteiger partial charge in [-0.3, -0.25) is 4.98 Å². The number of nitrogens with one attached hydrogen (secondary N) is 1. The van der Waals surface area contributed by atoms with E-state index in [2.05, 4.69) is 72.5 Å². The van der Waals surface area contributed by atoms with Crippen molar-refractivity contribution >= 4 is 43.6 Å². The predicted molar refractivity (Wildman–Crippen MR) is 93.4 cm³/mol. The van der Waals surface area contributed by atoms with Gasteiger partial charge in [0.1, 0.15) is 0 Å². The highest BCUT2D eigenvalue weighted by Crippen LogP contribution is 2.22. The molecule has 2 rings (SSSR count). The quantitative estimate of drug-likeness (QED) is 0.701. The third kappa shape index (κ3) is 5.20. The predicted octanol–water partition coefficient (Wildman–Crippen LogP) is 4.53. The van der Waals surface area contributed by atoms with E-state index in [1.165, 1.54) is 4.90 Å². The first-order valence-corrected chi connectivity index (χ1v) is 8.90. The maximum atomic E-state index is 4.43. The molecule has 0 aliphatic heterocycles. The topological polar surface area (TPSA) is 24.9 Å². The van der Waals surface area contributed by atoms with Gasteiger partial charge in [0, 0.05) is 43.9 Å². The van der Waals surface area contributed by atoms with Gasteiger partial charge in [-0.25, -0.2) is 0 Å². The van der Waals surface area contributed by atoms with Gasteiger partial charge < -0.3 is 5.32 Å². The summed E-state index contributed by atoms with van der Waals surface area (Å²) in [5, 5.41) is 3.36. The molecule has 0 radical (unpaired) electrons. The SMILES string of the molecule is CNC(CSc1ccc(Br)cc1)Cc1ccc(Br)cn1. The van der Waals surface area contributed by atoms with Crippen LogP contribution in [-0.2, 0) is 6.42 Å². The van der Waals surface area contributed by atoms with E-state index in [1.54, 1.807) is 0 Å². The van der Waals surface area contributed by atoms with Gasteiger partial charge in [-0.2, -0.15) is 0 Å². The Morgan fingerprint density at radius 2 is 1.80 bits per heavy atom. The number of rotatable bonds is 6. The van der Waals surface area contributed by atoms with Crippen molar-refractivity contribution in [1.29, 1.82) is 0 Å². The highest BCUT2D eigenvalue weighted by atomic mass is 79.9.